The van der Waals surface area contributed by atoms with Crippen LogP contribution >= 0.6 is 0 Å². The number of hydrogen-bond acceptors (Lipinski definition) is 8. The molecule has 1 aliphatic carbocycles. The average Bonchev–Trinajstić information content (AvgIpc) is 3.78. The smallest absolute Gasteiger partial charge is 0.247 e. The lowest BCUT2D eigenvalue weighted by molar-refractivity contribution is -0.133. The van der Waals surface area contributed by atoms with Crippen molar-refractivity contribution >= 4 is 40.2 Å². The van der Waals surface area contributed by atoms with Crippen LogP contribution in [0.15, 0.2) is 60.9 Å². The molecule has 3 heterocycles. The summed E-state index contributed by atoms with van der Waals surface area (Å²) in [4.78, 5) is 42.1. The number of primary amides is 1. The Morgan fingerprint density at radius 1 is 0.975 bits per heavy atom. The van der Waals surface area contributed by atoms with Crippen molar-refractivity contribution in [2.24, 2.45) is 11.1 Å². The molecule has 0 spiro atoms. The Kier molecular flexibility index (Phi) is 6.46. The summed E-state index contributed by atoms with van der Waals surface area (Å²) in [5, 5.41) is 0. The molecule has 6 rings (SSSR count). The van der Waals surface area contributed by atoms with Crippen LogP contribution in [-0.2, 0) is 14.3 Å². The predicted octanol–water partition coefficient (Wildman–Crippen LogP) is 3.86. The topological polar surface area (TPSA) is 124 Å². The van der Waals surface area contributed by atoms with Gasteiger partial charge < -0.3 is 20.1 Å². The number of benzene rings is 2. The first-order chi connectivity index (χ1) is 19.4. The van der Waals surface area contributed by atoms with Crippen molar-refractivity contribution in [1.82, 2.24) is 15.0 Å². The Bertz CT molecular complexity index is 1610. The number of carbonyl (C=O) groups excluding carboxylic acids is 2. The fourth-order valence-electron chi connectivity index (χ4n) is 4.62. The molecule has 1 saturated carbocycles. The summed E-state index contributed by atoms with van der Waals surface area (Å²) in [6.07, 6.45) is 3.67. The van der Waals surface area contributed by atoms with Crippen molar-refractivity contribution in [1.29, 1.82) is 0 Å². The van der Waals surface area contributed by atoms with Gasteiger partial charge in [-0.3, -0.25) is 14.5 Å². The van der Waals surface area contributed by atoms with Gasteiger partial charge in [0.1, 0.15) is 17.1 Å². The monoisotopic (exact) mass is 546 g/mol. The fourth-order valence-corrected chi connectivity index (χ4v) is 4.62. The number of carbonyl (C=O) groups is 2. The molecule has 1 saturated heterocycles. The maximum atomic E-state index is 15.4. The fraction of sp³-hybridized carbons (Fsp3) is 0.250. The van der Waals surface area contributed by atoms with E-state index in [0.717, 1.165) is 6.07 Å². The minimum Gasteiger partial charge on any atom is -0.452 e. The largest absolute Gasteiger partial charge is 0.452 e. The summed E-state index contributed by atoms with van der Waals surface area (Å²) in [5.74, 6) is -1.87. The molecule has 10 nitrogen and oxygen atoms in total. The second-order valence-electron chi connectivity index (χ2n) is 9.59. The summed E-state index contributed by atoms with van der Waals surface area (Å²) < 4.78 is 40.3. The first-order valence-electron chi connectivity index (χ1n) is 12.7. The van der Waals surface area contributed by atoms with Crippen LogP contribution in [0, 0.1) is 17.0 Å². The second kappa shape index (κ2) is 10.1. The van der Waals surface area contributed by atoms with Gasteiger partial charge in [0.2, 0.25) is 11.8 Å². The van der Waals surface area contributed by atoms with Crippen molar-refractivity contribution in [3.8, 4) is 11.5 Å². The number of pyridine rings is 1. The Morgan fingerprint density at radius 3 is 2.38 bits per heavy atom. The van der Waals surface area contributed by atoms with Gasteiger partial charge in [0.05, 0.1) is 25.1 Å². The molecular weight excluding hydrogens is 522 g/mol. The first kappa shape index (κ1) is 25.6. The van der Waals surface area contributed by atoms with Gasteiger partial charge in [0, 0.05) is 37.1 Å². The summed E-state index contributed by atoms with van der Waals surface area (Å²) in [6, 6.07) is 10.6. The summed E-state index contributed by atoms with van der Waals surface area (Å²) in [6.45, 7) is 2.57. The van der Waals surface area contributed by atoms with E-state index in [1.54, 1.807) is 12.3 Å². The zero-order chi connectivity index (χ0) is 27.9. The number of amides is 2. The van der Waals surface area contributed by atoms with Crippen LogP contribution in [0.3, 0.4) is 0 Å². The molecule has 0 unspecified atom stereocenters. The number of aromatic nitrogens is 3. The van der Waals surface area contributed by atoms with Crippen LogP contribution in [0.5, 0.6) is 11.5 Å². The van der Waals surface area contributed by atoms with Crippen molar-refractivity contribution in [3.05, 3.63) is 72.6 Å². The molecule has 1 aliphatic heterocycles. The van der Waals surface area contributed by atoms with Gasteiger partial charge in [-0.05, 0) is 49.2 Å². The molecular formula is C28H24F2N6O4. The maximum Gasteiger partial charge on any atom is 0.247 e. The third-order valence-corrected chi connectivity index (χ3v) is 7.05. The molecule has 0 radical (unpaired) electrons. The molecule has 2 amide bonds. The van der Waals surface area contributed by atoms with Crippen molar-refractivity contribution in [3.63, 3.8) is 0 Å². The molecule has 204 valence electrons. The van der Waals surface area contributed by atoms with E-state index in [4.69, 9.17) is 15.2 Å². The van der Waals surface area contributed by atoms with Gasteiger partial charge >= 0.3 is 0 Å². The van der Waals surface area contributed by atoms with Crippen molar-refractivity contribution < 1.29 is 27.8 Å². The van der Waals surface area contributed by atoms with Crippen molar-refractivity contribution in [2.45, 2.75) is 12.8 Å². The number of hydrogen-bond donors (Lipinski definition) is 1. The zero-order valence-electron chi connectivity index (χ0n) is 21.2. The van der Waals surface area contributed by atoms with E-state index < -0.39 is 28.9 Å². The van der Waals surface area contributed by atoms with Crippen LogP contribution < -0.4 is 20.3 Å². The molecule has 0 bridgehead atoms. The Balaban J connectivity index is 1.31. The number of nitrogens with zero attached hydrogens (tertiary/aromatic N) is 5. The number of fused-ring (bicyclic) bond motifs is 1. The number of halogens is 2. The van der Waals surface area contributed by atoms with E-state index in [2.05, 4.69) is 15.0 Å². The van der Waals surface area contributed by atoms with Crippen LogP contribution in [0.2, 0.25) is 0 Å². The Morgan fingerprint density at radius 2 is 1.70 bits per heavy atom. The van der Waals surface area contributed by atoms with Crippen LogP contribution in [0.4, 0.5) is 26.0 Å². The Labute approximate surface area is 227 Å². The first-order valence-corrected chi connectivity index (χ1v) is 12.7. The van der Waals surface area contributed by atoms with Crippen LogP contribution in [0.25, 0.3) is 11.2 Å². The van der Waals surface area contributed by atoms with Gasteiger partial charge in [0.25, 0.3) is 0 Å². The number of rotatable bonds is 7. The lowest BCUT2D eigenvalue weighted by Crippen LogP contribution is -2.41. The molecule has 2 aliphatic rings. The van der Waals surface area contributed by atoms with E-state index in [1.165, 1.54) is 47.5 Å². The SMILES string of the molecule is NC(=O)C1(C(=O)N(c2ccc(F)cc2)c2ccc(Oc3ccnc4nc(N5CCOCC5)cnc34)c(F)c2)CC1. The molecule has 2 N–H and O–H groups in total. The number of morpholine rings is 1. The van der Waals surface area contributed by atoms with E-state index in [0.29, 0.717) is 43.3 Å². The maximum absolute atomic E-state index is 15.4. The number of nitrogens with two attached hydrogens (primary N) is 1. The third kappa shape index (κ3) is 4.66. The third-order valence-electron chi connectivity index (χ3n) is 7.05. The van der Waals surface area contributed by atoms with E-state index in [-0.39, 0.29) is 35.7 Å². The molecule has 12 heteroatoms. The van der Waals surface area contributed by atoms with E-state index in [9.17, 15) is 14.0 Å². The summed E-state index contributed by atoms with van der Waals surface area (Å²) >= 11 is 0. The number of anilines is 3. The highest BCUT2D eigenvalue weighted by Gasteiger charge is 2.57. The van der Waals surface area contributed by atoms with E-state index >= 15 is 4.39 Å². The second-order valence-corrected chi connectivity index (χ2v) is 9.59. The lowest BCUT2D eigenvalue weighted by Gasteiger charge is -2.27. The molecule has 0 atom stereocenters. The minimum atomic E-state index is -1.38. The standard InChI is InChI=1S/C28H24F2N6O4/c29-17-1-3-18(4-2-17)36(27(38)28(8-9-28)26(31)37)19-5-6-21(20(30)15-19)40-22-7-10-32-25-24(22)33-16-23(34-25)35-11-13-39-14-12-35/h1-7,10,15-16H,8-9,11-14H2,(H2,31,37). The van der Waals surface area contributed by atoms with Gasteiger partial charge in [0.15, 0.2) is 28.5 Å². The summed E-state index contributed by atoms with van der Waals surface area (Å²) in [5.41, 5.74) is 5.23. The highest BCUT2D eigenvalue weighted by molar-refractivity contribution is 6.16. The molecule has 4 aromatic rings. The Hall–Kier alpha value is -4.71. The highest BCUT2D eigenvalue weighted by Crippen LogP contribution is 2.49. The highest BCUT2D eigenvalue weighted by atomic mass is 19.1. The normalized spacial score (nSPS) is 16.0. The average molecular weight is 547 g/mol. The quantitative estimate of drug-likeness (QED) is 0.347. The van der Waals surface area contributed by atoms with Gasteiger partial charge in [-0.2, -0.15) is 0 Å². The minimum absolute atomic E-state index is 0.127. The molecule has 40 heavy (non-hydrogen) atoms. The van der Waals surface area contributed by atoms with Crippen LogP contribution in [0.1, 0.15) is 12.8 Å². The molecule has 2 aromatic carbocycles. The van der Waals surface area contributed by atoms with E-state index in [1.807, 2.05) is 4.90 Å². The predicted molar refractivity (Wildman–Crippen MR) is 141 cm³/mol. The lowest BCUT2D eigenvalue weighted by atomic mass is 10.0. The molecule has 2 aromatic heterocycles. The zero-order valence-corrected chi connectivity index (χ0v) is 21.2. The van der Waals surface area contributed by atoms with Crippen LogP contribution in [-0.4, -0.2) is 53.1 Å². The number of ether oxygens (including phenoxy) is 2. The van der Waals surface area contributed by atoms with Crippen molar-refractivity contribution in [2.75, 3.05) is 36.1 Å². The molecule has 2 fully saturated rings. The van der Waals surface area contributed by atoms with Gasteiger partial charge in [-0.1, -0.05) is 0 Å². The summed E-state index contributed by atoms with van der Waals surface area (Å²) in [7, 11) is 0. The van der Waals surface area contributed by atoms with Gasteiger partial charge in [-0.25, -0.2) is 23.7 Å². The van der Waals surface area contributed by atoms with Gasteiger partial charge in [-0.15, -0.1) is 0 Å².